The molecule has 6 heteroatoms. The fourth-order valence-corrected chi connectivity index (χ4v) is 2.36. The lowest BCUT2D eigenvalue weighted by Gasteiger charge is -2.33. The number of aryl methyl sites for hydroxylation is 1. The first-order valence-electron chi connectivity index (χ1n) is 6.38. The van der Waals surface area contributed by atoms with Gasteiger partial charge in [0.1, 0.15) is 5.82 Å². The predicted molar refractivity (Wildman–Crippen MR) is 73.7 cm³/mol. The number of nitrogens with two attached hydrogens (primary N) is 1. The van der Waals surface area contributed by atoms with E-state index in [0.717, 1.165) is 37.4 Å². The van der Waals surface area contributed by atoms with E-state index < -0.39 is 0 Å². The van der Waals surface area contributed by atoms with Gasteiger partial charge in [0.05, 0.1) is 6.10 Å². The summed E-state index contributed by atoms with van der Waals surface area (Å²) in [7, 11) is 1.74. The molecule has 2 rings (SSSR count). The fraction of sp³-hybridized carbons (Fsp3) is 0.538. The van der Waals surface area contributed by atoms with Gasteiger partial charge in [0.25, 0.3) is 0 Å². The van der Waals surface area contributed by atoms with Crippen molar-refractivity contribution in [3.8, 4) is 0 Å². The summed E-state index contributed by atoms with van der Waals surface area (Å²) in [6.45, 7) is 3.67. The van der Waals surface area contributed by atoms with Crippen LogP contribution in [0.3, 0.4) is 0 Å². The van der Waals surface area contributed by atoms with Crippen LogP contribution in [0.25, 0.3) is 0 Å². The maximum Gasteiger partial charge on any atom is 0.170 e. The zero-order chi connectivity index (χ0) is 13.8. The van der Waals surface area contributed by atoms with Crippen molar-refractivity contribution in [2.45, 2.75) is 25.9 Å². The standard InChI is InChI=1S/C13H20N4O2/c1-9-6-10(13(14)16-18)7-12(15-9)17-5-3-4-11(8-17)19-2/h6-7,11,18H,3-5,8H2,1-2H3,(H2,14,16). The van der Waals surface area contributed by atoms with Gasteiger partial charge in [0.2, 0.25) is 0 Å². The van der Waals surface area contributed by atoms with Crippen LogP contribution in [0, 0.1) is 6.92 Å². The van der Waals surface area contributed by atoms with Crippen molar-refractivity contribution in [2.75, 3.05) is 25.1 Å². The summed E-state index contributed by atoms with van der Waals surface area (Å²) < 4.78 is 5.41. The molecule has 1 aliphatic rings. The summed E-state index contributed by atoms with van der Waals surface area (Å²) in [4.78, 5) is 6.70. The number of piperidine rings is 1. The van der Waals surface area contributed by atoms with Crippen molar-refractivity contribution >= 4 is 11.7 Å². The van der Waals surface area contributed by atoms with Crippen LogP contribution in [0.4, 0.5) is 5.82 Å². The molecule has 1 saturated heterocycles. The molecule has 3 N–H and O–H groups in total. The van der Waals surface area contributed by atoms with Gasteiger partial charge in [-0.05, 0) is 31.9 Å². The quantitative estimate of drug-likeness (QED) is 0.369. The Balaban J connectivity index is 2.26. The molecule has 1 atom stereocenters. The van der Waals surface area contributed by atoms with E-state index >= 15 is 0 Å². The van der Waals surface area contributed by atoms with Crippen molar-refractivity contribution < 1.29 is 9.94 Å². The van der Waals surface area contributed by atoms with Crippen molar-refractivity contribution in [3.05, 3.63) is 23.4 Å². The molecule has 0 amide bonds. The summed E-state index contributed by atoms with van der Waals surface area (Å²) >= 11 is 0. The van der Waals surface area contributed by atoms with Gasteiger partial charge >= 0.3 is 0 Å². The Kier molecular flexibility index (Phi) is 4.21. The van der Waals surface area contributed by atoms with E-state index in [2.05, 4.69) is 15.0 Å². The second-order valence-electron chi connectivity index (χ2n) is 4.79. The Bertz CT molecular complexity index is 476. The van der Waals surface area contributed by atoms with E-state index in [0.29, 0.717) is 5.56 Å². The van der Waals surface area contributed by atoms with Gasteiger partial charge in [-0.2, -0.15) is 0 Å². The van der Waals surface area contributed by atoms with E-state index in [9.17, 15) is 0 Å². The van der Waals surface area contributed by atoms with Crippen molar-refractivity contribution in [1.29, 1.82) is 0 Å². The first-order valence-corrected chi connectivity index (χ1v) is 6.38. The van der Waals surface area contributed by atoms with E-state index in [1.54, 1.807) is 13.2 Å². The van der Waals surface area contributed by atoms with Gasteiger partial charge in [-0.1, -0.05) is 5.16 Å². The lowest BCUT2D eigenvalue weighted by molar-refractivity contribution is 0.0891. The lowest BCUT2D eigenvalue weighted by atomic mass is 10.1. The zero-order valence-electron chi connectivity index (χ0n) is 11.3. The van der Waals surface area contributed by atoms with Crippen LogP contribution in [0.2, 0.25) is 0 Å². The SMILES string of the molecule is COC1CCCN(c2cc(/C(N)=N/O)cc(C)n2)C1. The Morgan fingerprint density at radius 2 is 2.37 bits per heavy atom. The minimum Gasteiger partial charge on any atom is -0.409 e. The maximum atomic E-state index is 8.77. The van der Waals surface area contributed by atoms with Crippen LogP contribution in [0.15, 0.2) is 17.3 Å². The highest BCUT2D eigenvalue weighted by Crippen LogP contribution is 2.21. The number of rotatable bonds is 3. The van der Waals surface area contributed by atoms with Crippen LogP contribution in [0.1, 0.15) is 24.1 Å². The normalized spacial score (nSPS) is 20.6. The molecule has 0 saturated carbocycles. The van der Waals surface area contributed by atoms with E-state index in [1.165, 1.54) is 0 Å². The highest BCUT2D eigenvalue weighted by atomic mass is 16.5. The number of oxime groups is 1. The van der Waals surface area contributed by atoms with Gasteiger partial charge in [-0.15, -0.1) is 0 Å². The molecule has 1 unspecified atom stereocenters. The summed E-state index contributed by atoms with van der Waals surface area (Å²) in [6.07, 6.45) is 2.39. The van der Waals surface area contributed by atoms with Gasteiger partial charge in [0.15, 0.2) is 5.84 Å². The van der Waals surface area contributed by atoms with Gasteiger partial charge in [0, 0.05) is 31.5 Å². The molecule has 0 aliphatic carbocycles. The van der Waals surface area contributed by atoms with Gasteiger partial charge in [-0.25, -0.2) is 4.98 Å². The van der Waals surface area contributed by atoms with Crippen molar-refractivity contribution in [2.24, 2.45) is 10.9 Å². The van der Waals surface area contributed by atoms with E-state index in [4.69, 9.17) is 15.7 Å². The van der Waals surface area contributed by atoms with Crippen LogP contribution in [-0.2, 0) is 4.74 Å². The third kappa shape index (κ3) is 3.14. The third-order valence-electron chi connectivity index (χ3n) is 3.38. The molecule has 2 heterocycles. The Hall–Kier alpha value is -1.82. The number of aromatic nitrogens is 1. The average molecular weight is 264 g/mol. The fourth-order valence-electron chi connectivity index (χ4n) is 2.36. The molecule has 1 aromatic rings. The third-order valence-corrected chi connectivity index (χ3v) is 3.38. The molecule has 0 aromatic carbocycles. The molecular weight excluding hydrogens is 244 g/mol. The number of ether oxygens (including phenoxy) is 1. The molecule has 19 heavy (non-hydrogen) atoms. The second kappa shape index (κ2) is 5.88. The average Bonchev–Trinajstić information content (AvgIpc) is 2.45. The minimum atomic E-state index is 0.104. The number of nitrogens with zero attached hydrogens (tertiary/aromatic N) is 3. The first kappa shape index (κ1) is 13.6. The molecule has 6 nitrogen and oxygen atoms in total. The molecule has 1 aliphatic heterocycles. The number of hydrogen-bond acceptors (Lipinski definition) is 5. The molecule has 104 valence electrons. The summed E-state index contributed by atoms with van der Waals surface area (Å²) in [5, 5.41) is 11.8. The molecule has 1 aromatic heterocycles. The Morgan fingerprint density at radius 1 is 1.58 bits per heavy atom. The zero-order valence-corrected chi connectivity index (χ0v) is 11.3. The van der Waals surface area contributed by atoms with Gasteiger partial charge in [-0.3, -0.25) is 0 Å². The van der Waals surface area contributed by atoms with Crippen LogP contribution in [0.5, 0.6) is 0 Å². The predicted octanol–water partition coefficient (Wildman–Crippen LogP) is 1.10. The van der Waals surface area contributed by atoms with Crippen LogP contribution in [-0.4, -0.2) is 42.3 Å². The molecule has 0 radical (unpaired) electrons. The number of pyridine rings is 1. The summed E-state index contributed by atoms with van der Waals surface area (Å²) in [5.41, 5.74) is 7.17. The van der Waals surface area contributed by atoms with Crippen molar-refractivity contribution in [3.63, 3.8) is 0 Å². The number of anilines is 1. The highest BCUT2D eigenvalue weighted by molar-refractivity contribution is 5.97. The topological polar surface area (TPSA) is 84.0 Å². The lowest BCUT2D eigenvalue weighted by Crippen LogP contribution is -2.39. The van der Waals surface area contributed by atoms with Crippen LogP contribution >= 0.6 is 0 Å². The largest absolute Gasteiger partial charge is 0.409 e. The molecular formula is C13H20N4O2. The second-order valence-corrected chi connectivity index (χ2v) is 4.79. The first-order chi connectivity index (χ1) is 9.13. The smallest absolute Gasteiger partial charge is 0.170 e. The number of methoxy groups -OCH3 is 1. The van der Waals surface area contributed by atoms with Gasteiger partial charge < -0.3 is 20.6 Å². The Morgan fingerprint density at radius 3 is 3.05 bits per heavy atom. The molecule has 1 fully saturated rings. The van der Waals surface area contributed by atoms with E-state index in [-0.39, 0.29) is 11.9 Å². The molecule has 0 spiro atoms. The summed E-state index contributed by atoms with van der Waals surface area (Å²) in [5.74, 6) is 0.954. The molecule has 0 bridgehead atoms. The minimum absolute atomic E-state index is 0.104. The van der Waals surface area contributed by atoms with Crippen LogP contribution < -0.4 is 10.6 Å². The van der Waals surface area contributed by atoms with Crippen molar-refractivity contribution in [1.82, 2.24) is 4.98 Å². The Labute approximate surface area is 112 Å². The summed E-state index contributed by atoms with van der Waals surface area (Å²) in [6, 6.07) is 3.65. The number of amidine groups is 1. The van der Waals surface area contributed by atoms with E-state index in [1.807, 2.05) is 13.0 Å². The highest BCUT2D eigenvalue weighted by Gasteiger charge is 2.21. The maximum absolute atomic E-state index is 8.77. The monoisotopic (exact) mass is 264 g/mol. The number of hydrogen-bond donors (Lipinski definition) is 2.